The van der Waals surface area contributed by atoms with Crippen molar-refractivity contribution in [3.05, 3.63) is 28.3 Å². The molecule has 1 aromatic carbocycles. The smallest absolute Gasteiger partial charge is 0.126 e. The Hall–Kier alpha value is -0.980. The maximum atomic E-state index is 6.29. The summed E-state index contributed by atoms with van der Waals surface area (Å²) in [7, 11) is 0. The van der Waals surface area contributed by atoms with Crippen LogP contribution in [0, 0.1) is 20.8 Å². The van der Waals surface area contributed by atoms with E-state index in [-0.39, 0.29) is 11.0 Å². The summed E-state index contributed by atoms with van der Waals surface area (Å²) in [5, 5.41) is 0. The largest absolute Gasteiger partial charge is 0.487 e. The Morgan fingerprint density at radius 3 is 1.90 bits per heavy atom. The van der Waals surface area contributed by atoms with E-state index in [0.717, 1.165) is 18.6 Å². The third-order valence-corrected chi connectivity index (χ3v) is 4.87. The molecular formula is C19H32O. The molecule has 0 amide bonds. The second kappa shape index (κ2) is 5.79. The van der Waals surface area contributed by atoms with Gasteiger partial charge in [0.2, 0.25) is 0 Å². The molecule has 0 aromatic heterocycles. The van der Waals surface area contributed by atoms with Gasteiger partial charge in [0.25, 0.3) is 0 Å². The van der Waals surface area contributed by atoms with Gasteiger partial charge in [0.1, 0.15) is 11.4 Å². The molecule has 0 fully saturated rings. The first-order valence-electron chi connectivity index (χ1n) is 7.86. The standard InChI is InChI=1S/C19H32O/c1-10-18(6,7)16-12-13(3)17(15(5)14(16)4)20-19(8,9)11-2/h12H,10-11H2,1-9H3. The van der Waals surface area contributed by atoms with Gasteiger partial charge in [-0.1, -0.05) is 33.8 Å². The minimum atomic E-state index is -0.107. The van der Waals surface area contributed by atoms with Gasteiger partial charge in [-0.25, -0.2) is 0 Å². The predicted octanol–water partition coefficient (Wildman–Crippen LogP) is 5.87. The molecule has 0 aliphatic heterocycles. The number of rotatable bonds is 5. The van der Waals surface area contributed by atoms with Crippen LogP contribution in [0.15, 0.2) is 6.07 Å². The molecule has 114 valence electrons. The van der Waals surface area contributed by atoms with Crippen LogP contribution in [0.4, 0.5) is 0 Å². The minimum Gasteiger partial charge on any atom is -0.487 e. The van der Waals surface area contributed by atoms with E-state index in [9.17, 15) is 0 Å². The third kappa shape index (κ3) is 3.37. The molecule has 0 heterocycles. The Bertz CT molecular complexity index is 481. The molecule has 1 nitrogen and oxygen atoms in total. The summed E-state index contributed by atoms with van der Waals surface area (Å²) in [4.78, 5) is 0. The Kier molecular flexibility index (Phi) is 4.94. The van der Waals surface area contributed by atoms with Gasteiger partial charge in [-0.05, 0) is 75.1 Å². The molecule has 1 rings (SSSR count). The normalized spacial score (nSPS) is 12.7. The first kappa shape index (κ1) is 17.1. The Morgan fingerprint density at radius 1 is 0.900 bits per heavy atom. The van der Waals surface area contributed by atoms with E-state index in [1.807, 2.05) is 0 Å². The lowest BCUT2D eigenvalue weighted by Gasteiger charge is -2.31. The summed E-state index contributed by atoms with van der Waals surface area (Å²) in [5.41, 5.74) is 5.50. The minimum absolute atomic E-state index is 0.107. The monoisotopic (exact) mass is 276 g/mol. The maximum absolute atomic E-state index is 6.29. The van der Waals surface area contributed by atoms with Crippen molar-refractivity contribution in [2.24, 2.45) is 0 Å². The van der Waals surface area contributed by atoms with Gasteiger partial charge in [-0.15, -0.1) is 0 Å². The zero-order valence-corrected chi connectivity index (χ0v) is 14.9. The number of aryl methyl sites for hydroxylation is 1. The summed E-state index contributed by atoms with van der Waals surface area (Å²) in [5.74, 6) is 1.07. The van der Waals surface area contributed by atoms with Crippen LogP contribution in [-0.2, 0) is 5.41 Å². The van der Waals surface area contributed by atoms with Crippen molar-refractivity contribution in [3.8, 4) is 5.75 Å². The van der Waals surface area contributed by atoms with E-state index in [1.165, 1.54) is 22.3 Å². The van der Waals surface area contributed by atoms with E-state index >= 15 is 0 Å². The third-order valence-electron chi connectivity index (χ3n) is 4.87. The van der Waals surface area contributed by atoms with Crippen molar-refractivity contribution in [2.45, 2.75) is 86.2 Å². The van der Waals surface area contributed by atoms with Crippen LogP contribution in [0.25, 0.3) is 0 Å². The number of benzene rings is 1. The van der Waals surface area contributed by atoms with Gasteiger partial charge in [-0.3, -0.25) is 0 Å². The van der Waals surface area contributed by atoms with E-state index in [4.69, 9.17) is 4.74 Å². The van der Waals surface area contributed by atoms with Crippen molar-refractivity contribution in [2.75, 3.05) is 0 Å². The van der Waals surface area contributed by atoms with Crippen LogP contribution in [0.1, 0.15) is 76.6 Å². The molecule has 0 aliphatic carbocycles. The van der Waals surface area contributed by atoms with E-state index < -0.39 is 0 Å². The average Bonchev–Trinajstić information content (AvgIpc) is 2.38. The maximum Gasteiger partial charge on any atom is 0.126 e. The fourth-order valence-corrected chi connectivity index (χ4v) is 2.46. The Balaban J connectivity index is 3.37. The number of hydrogen-bond donors (Lipinski definition) is 0. The van der Waals surface area contributed by atoms with Crippen molar-refractivity contribution < 1.29 is 4.74 Å². The Morgan fingerprint density at radius 2 is 1.45 bits per heavy atom. The van der Waals surface area contributed by atoms with Crippen molar-refractivity contribution in [1.82, 2.24) is 0 Å². The lowest BCUT2D eigenvalue weighted by molar-refractivity contribution is 0.103. The molecule has 0 bridgehead atoms. The zero-order valence-electron chi connectivity index (χ0n) is 14.9. The first-order valence-corrected chi connectivity index (χ1v) is 7.86. The topological polar surface area (TPSA) is 9.23 Å². The van der Waals surface area contributed by atoms with Crippen LogP contribution < -0.4 is 4.74 Å². The second-order valence-electron chi connectivity index (χ2n) is 7.27. The van der Waals surface area contributed by atoms with Gasteiger partial charge in [0, 0.05) is 0 Å². The summed E-state index contributed by atoms with van der Waals surface area (Å²) in [6.07, 6.45) is 2.15. The van der Waals surface area contributed by atoms with Gasteiger partial charge in [0.05, 0.1) is 0 Å². The molecule has 1 aromatic rings. The molecule has 20 heavy (non-hydrogen) atoms. The highest BCUT2D eigenvalue weighted by molar-refractivity contribution is 5.51. The van der Waals surface area contributed by atoms with Crippen molar-refractivity contribution >= 4 is 0 Å². The lowest BCUT2D eigenvalue weighted by atomic mass is 9.78. The molecule has 0 saturated heterocycles. The Labute approximate surface area is 125 Å². The lowest BCUT2D eigenvalue weighted by Crippen LogP contribution is -2.28. The number of hydrogen-bond acceptors (Lipinski definition) is 1. The molecule has 1 heteroatoms. The highest BCUT2D eigenvalue weighted by atomic mass is 16.5. The quantitative estimate of drug-likeness (QED) is 0.653. The van der Waals surface area contributed by atoms with E-state index in [1.54, 1.807) is 0 Å². The van der Waals surface area contributed by atoms with Crippen LogP contribution in [-0.4, -0.2) is 5.60 Å². The number of ether oxygens (including phenoxy) is 1. The van der Waals surface area contributed by atoms with Crippen molar-refractivity contribution in [1.29, 1.82) is 0 Å². The van der Waals surface area contributed by atoms with Crippen LogP contribution in [0.5, 0.6) is 5.75 Å². The average molecular weight is 276 g/mol. The highest BCUT2D eigenvalue weighted by Gasteiger charge is 2.25. The molecule has 0 radical (unpaired) electrons. The summed E-state index contributed by atoms with van der Waals surface area (Å²) in [6, 6.07) is 2.33. The van der Waals surface area contributed by atoms with Gasteiger partial charge >= 0.3 is 0 Å². The summed E-state index contributed by atoms with van der Waals surface area (Å²) < 4.78 is 6.29. The molecule has 0 atom stereocenters. The fourth-order valence-electron chi connectivity index (χ4n) is 2.46. The molecule has 0 aliphatic rings. The van der Waals surface area contributed by atoms with Crippen molar-refractivity contribution in [3.63, 3.8) is 0 Å². The first-order chi connectivity index (χ1) is 9.05. The predicted molar refractivity (Wildman–Crippen MR) is 89.0 cm³/mol. The summed E-state index contributed by atoms with van der Waals surface area (Å²) in [6.45, 7) is 20.0. The molecule has 0 saturated carbocycles. The molecule has 0 N–H and O–H groups in total. The van der Waals surface area contributed by atoms with E-state index in [2.05, 4.69) is 68.4 Å². The molecular weight excluding hydrogens is 244 g/mol. The second-order valence-corrected chi connectivity index (χ2v) is 7.27. The SMILES string of the molecule is CCC(C)(C)Oc1c(C)cc(C(C)(C)CC)c(C)c1C. The van der Waals surface area contributed by atoms with Crippen LogP contribution >= 0.6 is 0 Å². The molecule has 0 unspecified atom stereocenters. The zero-order chi connectivity index (χ0) is 15.7. The van der Waals surface area contributed by atoms with Gasteiger partial charge in [0.15, 0.2) is 0 Å². The van der Waals surface area contributed by atoms with Gasteiger partial charge < -0.3 is 4.74 Å². The van der Waals surface area contributed by atoms with Crippen LogP contribution in [0.2, 0.25) is 0 Å². The van der Waals surface area contributed by atoms with Gasteiger partial charge in [-0.2, -0.15) is 0 Å². The van der Waals surface area contributed by atoms with E-state index in [0.29, 0.717) is 0 Å². The molecule has 0 spiro atoms. The highest BCUT2D eigenvalue weighted by Crippen LogP contribution is 2.38. The summed E-state index contributed by atoms with van der Waals surface area (Å²) >= 11 is 0. The fraction of sp³-hybridized carbons (Fsp3) is 0.684. The van der Waals surface area contributed by atoms with Crippen LogP contribution in [0.3, 0.4) is 0 Å².